The van der Waals surface area contributed by atoms with Gasteiger partial charge in [-0.15, -0.1) is 0 Å². The fourth-order valence-corrected chi connectivity index (χ4v) is 2.95. The molecule has 0 saturated carbocycles. The van der Waals surface area contributed by atoms with Crippen LogP contribution in [0.1, 0.15) is 41.6 Å². The van der Waals surface area contributed by atoms with Gasteiger partial charge in [-0.05, 0) is 55.5 Å². The summed E-state index contributed by atoms with van der Waals surface area (Å²) in [5, 5.41) is 7.85. The Balaban J connectivity index is 2.14. The first kappa shape index (κ1) is 16.2. The van der Waals surface area contributed by atoms with Crippen molar-refractivity contribution in [1.82, 2.24) is 15.1 Å². The lowest BCUT2D eigenvalue weighted by Gasteiger charge is -2.20. The summed E-state index contributed by atoms with van der Waals surface area (Å²) in [5.41, 5.74) is 5.27. The average Bonchev–Trinajstić information content (AvgIpc) is 2.86. The van der Waals surface area contributed by atoms with Crippen molar-refractivity contribution in [3.8, 4) is 0 Å². The molecule has 0 amide bonds. The van der Waals surface area contributed by atoms with Crippen LogP contribution in [0.5, 0.6) is 0 Å². The first-order chi connectivity index (χ1) is 10.0. The fraction of sp³-hybridized carbons (Fsp3) is 0.471. The predicted octanol–water partition coefficient (Wildman–Crippen LogP) is 4.08. The highest BCUT2D eigenvalue weighted by Crippen LogP contribution is 2.27. The van der Waals surface area contributed by atoms with Gasteiger partial charge in [0.2, 0.25) is 0 Å². The van der Waals surface area contributed by atoms with Crippen molar-refractivity contribution in [3.05, 3.63) is 51.3 Å². The molecule has 0 aliphatic carbocycles. The summed E-state index contributed by atoms with van der Waals surface area (Å²) < 4.78 is 3.08. The number of aryl methyl sites for hydroxylation is 4. The van der Waals surface area contributed by atoms with E-state index in [0.717, 1.165) is 19.4 Å². The standard InChI is InChI=1S/C17H24BrN3/c1-5-19-16(7-6-14-10-20-21(4)11-14)15-8-12(2)17(18)13(3)9-15/h8-11,16,19H,5-7H2,1-4H3. The van der Waals surface area contributed by atoms with Crippen LogP contribution in [0.3, 0.4) is 0 Å². The number of nitrogens with one attached hydrogen (secondary N) is 1. The average molecular weight is 350 g/mol. The van der Waals surface area contributed by atoms with E-state index in [1.807, 2.05) is 17.9 Å². The molecule has 21 heavy (non-hydrogen) atoms. The van der Waals surface area contributed by atoms with E-state index >= 15 is 0 Å². The van der Waals surface area contributed by atoms with Crippen LogP contribution in [-0.2, 0) is 13.5 Å². The minimum Gasteiger partial charge on any atom is -0.310 e. The topological polar surface area (TPSA) is 29.9 Å². The number of hydrogen-bond donors (Lipinski definition) is 1. The number of aromatic nitrogens is 2. The van der Waals surface area contributed by atoms with Crippen LogP contribution in [0.15, 0.2) is 29.0 Å². The van der Waals surface area contributed by atoms with E-state index in [9.17, 15) is 0 Å². The van der Waals surface area contributed by atoms with Gasteiger partial charge in [0.1, 0.15) is 0 Å². The molecule has 1 N–H and O–H groups in total. The van der Waals surface area contributed by atoms with Gasteiger partial charge in [-0.1, -0.05) is 35.0 Å². The maximum Gasteiger partial charge on any atom is 0.0521 e. The second-order valence-corrected chi connectivity index (χ2v) is 6.43. The first-order valence-electron chi connectivity index (χ1n) is 7.48. The minimum atomic E-state index is 0.390. The lowest BCUT2D eigenvalue weighted by molar-refractivity contribution is 0.515. The van der Waals surface area contributed by atoms with Gasteiger partial charge in [0.25, 0.3) is 0 Å². The lowest BCUT2D eigenvalue weighted by atomic mass is 9.97. The van der Waals surface area contributed by atoms with Gasteiger partial charge < -0.3 is 5.32 Å². The number of halogens is 1. The third-order valence-electron chi connectivity index (χ3n) is 3.79. The lowest BCUT2D eigenvalue weighted by Crippen LogP contribution is -2.21. The zero-order chi connectivity index (χ0) is 15.4. The molecule has 1 aromatic carbocycles. The zero-order valence-electron chi connectivity index (χ0n) is 13.3. The van der Waals surface area contributed by atoms with Crippen molar-refractivity contribution >= 4 is 15.9 Å². The molecule has 0 bridgehead atoms. The number of nitrogens with zero attached hydrogens (tertiary/aromatic N) is 2. The fourth-order valence-electron chi connectivity index (χ4n) is 2.73. The summed E-state index contributed by atoms with van der Waals surface area (Å²) in [6.45, 7) is 7.46. The van der Waals surface area contributed by atoms with Crippen molar-refractivity contribution in [2.45, 2.75) is 39.7 Å². The number of rotatable bonds is 6. The molecule has 0 spiro atoms. The molecule has 1 unspecified atom stereocenters. The third-order valence-corrected chi connectivity index (χ3v) is 5.04. The van der Waals surface area contributed by atoms with Crippen molar-refractivity contribution in [1.29, 1.82) is 0 Å². The van der Waals surface area contributed by atoms with Crippen LogP contribution in [-0.4, -0.2) is 16.3 Å². The monoisotopic (exact) mass is 349 g/mol. The number of benzene rings is 1. The van der Waals surface area contributed by atoms with E-state index in [-0.39, 0.29) is 0 Å². The highest BCUT2D eigenvalue weighted by molar-refractivity contribution is 9.10. The Hall–Kier alpha value is -1.13. The van der Waals surface area contributed by atoms with Crippen LogP contribution in [0, 0.1) is 13.8 Å². The molecule has 0 aliphatic rings. The zero-order valence-corrected chi connectivity index (χ0v) is 14.9. The summed E-state index contributed by atoms with van der Waals surface area (Å²) in [6.07, 6.45) is 6.18. The van der Waals surface area contributed by atoms with Crippen molar-refractivity contribution in [3.63, 3.8) is 0 Å². The summed E-state index contributed by atoms with van der Waals surface area (Å²) in [6, 6.07) is 4.96. The second-order valence-electron chi connectivity index (χ2n) is 5.64. The summed E-state index contributed by atoms with van der Waals surface area (Å²) in [5.74, 6) is 0. The van der Waals surface area contributed by atoms with Crippen LogP contribution in [0.25, 0.3) is 0 Å². The first-order valence-corrected chi connectivity index (χ1v) is 8.28. The Morgan fingerprint density at radius 1 is 1.29 bits per heavy atom. The van der Waals surface area contributed by atoms with Crippen LogP contribution in [0.4, 0.5) is 0 Å². The highest BCUT2D eigenvalue weighted by Gasteiger charge is 2.13. The Morgan fingerprint density at radius 3 is 2.48 bits per heavy atom. The van der Waals surface area contributed by atoms with Gasteiger partial charge in [-0.25, -0.2) is 0 Å². The molecule has 1 aromatic heterocycles. The van der Waals surface area contributed by atoms with Gasteiger partial charge in [0, 0.05) is 23.8 Å². The van der Waals surface area contributed by atoms with Crippen LogP contribution >= 0.6 is 15.9 Å². The summed E-state index contributed by atoms with van der Waals surface area (Å²) in [4.78, 5) is 0. The van der Waals surface area contributed by atoms with Crippen molar-refractivity contribution in [2.75, 3.05) is 6.54 Å². The smallest absolute Gasteiger partial charge is 0.0521 e. The molecule has 1 heterocycles. The van der Waals surface area contributed by atoms with E-state index in [0.29, 0.717) is 6.04 Å². The minimum absolute atomic E-state index is 0.390. The molecule has 1 atom stereocenters. The molecular weight excluding hydrogens is 326 g/mol. The Kier molecular flexibility index (Phi) is 5.59. The molecule has 0 saturated heterocycles. The van der Waals surface area contributed by atoms with Gasteiger partial charge in [0.15, 0.2) is 0 Å². The van der Waals surface area contributed by atoms with Gasteiger partial charge in [-0.2, -0.15) is 5.10 Å². The molecule has 114 valence electrons. The predicted molar refractivity (Wildman–Crippen MR) is 91.6 cm³/mol. The summed E-state index contributed by atoms with van der Waals surface area (Å²) in [7, 11) is 1.96. The van der Waals surface area contributed by atoms with Gasteiger partial charge in [0.05, 0.1) is 6.20 Å². The molecular formula is C17H24BrN3. The van der Waals surface area contributed by atoms with Gasteiger partial charge >= 0.3 is 0 Å². The Morgan fingerprint density at radius 2 is 1.95 bits per heavy atom. The quantitative estimate of drug-likeness (QED) is 0.851. The second kappa shape index (κ2) is 7.23. The Bertz CT molecular complexity index is 581. The van der Waals surface area contributed by atoms with E-state index < -0.39 is 0 Å². The molecule has 0 fully saturated rings. The largest absolute Gasteiger partial charge is 0.310 e. The van der Waals surface area contributed by atoms with E-state index in [2.05, 4.69) is 65.4 Å². The normalized spacial score (nSPS) is 12.6. The molecule has 0 radical (unpaired) electrons. The SMILES string of the molecule is CCNC(CCc1cnn(C)c1)c1cc(C)c(Br)c(C)c1. The van der Waals surface area contributed by atoms with Gasteiger partial charge in [-0.3, -0.25) is 4.68 Å². The van der Waals surface area contributed by atoms with E-state index in [1.54, 1.807) is 0 Å². The molecule has 4 heteroatoms. The third kappa shape index (κ3) is 4.17. The van der Waals surface area contributed by atoms with Crippen molar-refractivity contribution in [2.24, 2.45) is 7.05 Å². The maximum atomic E-state index is 4.24. The maximum absolute atomic E-state index is 4.24. The molecule has 3 nitrogen and oxygen atoms in total. The highest BCUT2D eigenvalue weighted by atomic mass is 79.9. The van der Waals surface area contributed by atoms with Crippen molar-refractivity contribution < 1.29 is 0 Å². The Labute approximate surface area is 135 Å². The molecule has 2 rings (SSSR count). The molecule has 0 aliphatic heterocycles. The number of hydrogen-bond acceptors (Lipinski definition) is 2. The van der Waals surface area contributed by atoms with E-state index in [1.165, 1.54) is 26.7 Å². The van der Waals surface area contributed by atoms with Crippen LogP contribution < -0.4 is 5.32 Å². The van der Waals surface area contributed by atoms with E-state index in [4.69, 9.17) is 0 Å². The van der Waals surface area contributed by atoms with Crippen LogP contribution in [0.2, 0.25) is 0 Å². The summed E-state index contributed by atoms with van der Waals surface area (Å²) >= 11 is 3.65. The molecule has 2 aromatic rings.